The van der Waals surface area contributed by atoms with Gasteiger partial charge in [-0.15, -0.1) is 0 Å². The third-order valence-corrected chi connectivity index (χ3v) is 3.93. The SMILES string of the molecule is CCCCNC(=O)N1CCCN1C(=O)Nc1cccc(C(=O)OCC)c1. The summed E-state index contributed by atoms with van der Waals surface area (Å²) in [6, 6.07) is 5.85. The Bertz CT molecular complexity index is 650. The quantitative estimate of drug-likeness (QED) is 0.601. The van der Waals surface area contributed by atoms with E-state index in [1.54, 1.807) is 31.2 Å². The van der Waals surface area contributed by atoms with Crippen molar-refractivity contribution in [2.45, 2.75) is 33.1 Å². The number of hydrogen-bond donors (Lipinski definition) is 2. The van der Waals surface area contributed by atoms with Gasteiger partial charge in [0.15, 0.2) is 0 Å². The van der Waals surface area contributed by atoms with Crippen LogP contribution in [0.25, 0.3) is 0 Å². The second kappa shape index (κ2) is 9.65. The van der Waals surface area contributed by atoms with Crippen molar-refractivity contribution < 1.29 is 19.1 Å². The minimum Gasteiger partial charge on any atom is -0.462 e. The van der Waals surface area contributed by atoms with Crippen LogP contribution in [0.5, 0.6) is 0 Å². The van der Waals surface area contributed by atoms with E-state index in [1.807, 2.05) is 6.92 Å². The summed E-state index contributed by atoms with van der Waals surface area (Å²) in [5, 5.41) is 8.35. The molecule has 1 aromatic carbocycles. The first kappa shape index (κ1) is 19.6. The van der Waals surface area contributed by atoms with Crippen LogP contribution in [-0.4, -0.2) is 54.3 Å². The van der Waals surface area contributed by atoms with E-state index in [-0.39, 0.29) is 12.6 Å². The fourth-order valence-corrected chi connectivity index (χ4v) is 2.62. The molecule has 0 saturated carbocycles. The van der Waals surface area contributed by atoms with Gasteiger partial charge in [0.25, 0.3) is 0 Å². The Hall–Kier alpha value is -2.77. The number of anilines is 1. The van der Waals surface area contributed by atoms with Gasteiger partial charge < -0.3 is 15.4 Å². The maximum Gasteiger partial charge on any atom is 0.340 e. The molecule has 8 heteroatoms. The highest BCUT2D eigenvalue weighted by atomic mass is 16.5. The number of hydrogen-bond acceptors (Lipinski definition) is 4. The molecule has 142 valence electrons. The Kier molecular flexibility index (Phi) is 7.25. The summed E-state index contributed by atoms with van der Waals surface area (Å²) in [7, 11) is 0. The molecule has 0 aromatic heterocycles. The lowest BCUT2D eigenvalue weighted by Crippen LogP contribution is -2.50. The number of rotatable bonds is 6. The van der Waals surface area contributed by atoms with Gasteiger partial charge in [-0.25, -0.2) is 24.4 Å². The number of nitrogens with one attached hydrogen (secondary N) is 2. The second-order valence-corrected chi connectivity index (χ2v) is 5.92. The van der Waals surface area contributed by atoms with Crippen molar-refractivity contribution in [3.05, 3.63) is 29.8 Å². The van der Waals surface area contributed by atoms with Gasteiger partial charge in [-0.3, -0.25) is 0 Å². The Morgan fingerprint density at radius 3 is 2.54 bits per heavy atom. The van der Waals surface area contributed by atoms with Crippen LogP contribution in [0, 0.1) is 0 Å². The van der Waals surface area contributed by atoms with Crippen LogP contribution in [0.15, 0.2) is 24.3 Å². The van der Waals surface area contributed by atoms with Gasteiger partial charge in [-0.2, -0.15) is 0 Å². The lowest BCUT2D eigenvalue weighted by molar-refractivity contribution is 0.0526. The van der Waals surface area contributed by atoms with Crippen molar-refractivity contribution in [2.24, 2.45) is 0 Å². The number of ether oxygens (including phenoxy) is 1. The molecular weight excluding hydrogens is 336 g/mol. The number of unbranched alkanes of at least 4 members (excludes halogenated alkanes) is 1. The van der Waals surface area contributed by atoms with Gasteiger partial charge in [-0.05, 0) is 38.0 Å². The Balaban J connectivity index is 1.99. The molecule has 1 heterocycles. The average molecular weight is 362 g/mol. The van der Waals surface area contributed by atoms with Gasteiger partial charge >= 0.3 is 18.0 Å². The minimum absolute atomic E-state index is 0.272. The first-order valence-electron chi connectivity index (χ1n) is 8.97. The standard InChI is InChI=1S/C18H26N4O4/c1-3-5-10-19-17(24)21-11-7-12-22(21)18(25)20-15-9-6-8-14(13-15)16(23)26-4-2/h6,8-9,13H,3-5,7,10-12H2,1-2H3,(H,19,24)(H,20,25). The molecule has 2 rings (SSSR count). The maximum atomic E-state index is 12.5. The summed E-state index contributed by atoms with van der Waals surface area (Å²) < 4.78 is 4.96. The van der Waals surface area contributed by atoms with E-state index in [4.69, 9.17) is 4.74 Å². The van der Waals surface area contributed by atoms with Crippen molar-refractivity contribution in [1.82, 2.24) is 15.3 Å². The monoisotopic (exact) mass is 362 g/mol. The predicted octanol–water partition coefficient (Wildman–Crippen LogP) is 2.83. The Labute approximate surface area is 153 Å². The van der Waals surface area contributed by atoms with E-state index >= 15 is 0 Å². The molecule has 0 aliphatic carbocycles. The summed E-state index contributed by atoms with van der Waals surface area (Å²) in [5.74, 6) is -0.443. The molecule has 1 aliphatic heterocycles. The molecule has 1 fully saturated rings. The van der Waals surface area contributed by atoms with E-state index in [0.29, 0.717) is 30.9 Å². The summed E-state index contributed by atoms with van der Waals surface area (Å²) in [4.78, 5) is 36.6. The van der Waals surface area contributed by atoms with E-state index < -0.39 is 12.0 Å². The first-order chi connectivity index (χ1) is 12.6. The molecular formula is C18H26N4O4. The van der Waals surface area contributed by atoms with Crippen molar-refractivity contribution in [3.63, 3.8) is 0 Å². The van der Waals surface area contributed by atoms with Gasteiger partial charge in [0.05, 0.1) is 12.2 Å². The number of benzene rings is 1. The van der Waals surface area contributed by atoms with E-state index in [9.17, 15) is 14.4 Å². The zero-order valence-electron chi connectivity index (χ0n) is 15.3. The molecule has 0 bridgehead atoms. The number of esters is 1. The topological polar surface area (TPSA) is 91.0 Å². The zero-order chi connectivity index (χ0) is 18.9. The number of hydrazine groups is 1. The third-order valence-electron chi connectivity index (χ3n) is 3.93. The van der Waals surface area contributed by atoms with Crippen LogP contribution in [0.4, 0.5) is 15.3 Å². The third kappa shape index (κ3) is 5.11. The average Bonchev–Trinajstić information content (AvgIpc) is 3.12. The van der Waals surface area contributed by atoms with Crippen LogP contribution in [0.3, 0.4) is 0 Å². The number of nitrogens with zero attached hydrogens (tertiary/aromatic N) is 2. The molecule has 1 saturated heterocycles. The van der Waals surface area contributed by atoms with E-state index in [1.165, 1.54) is 10.0 Å². The van der Waals surface area contributed by atoms with Crippen LogP contribution >= 0.6 is 0 Å². The second-order valence-electron chi connectivity index (χ2n) is 5.92. The zero-order valence-corrected chi connectivity index (χ0v) is 15.3. The van der Waals surface area contributed by atoms with Crippen molar-refractivity contribution >= 4 is 23.7 Å². The van der Waals surface area contributed by atoms with Gasteiger partial charge in [0, 0.05) is 25.3 Å². The summed E-state index contributed by atoms with van der Waals surface area (Å²) in [5.41, 5.74) is 0.832. The smallest absolute Gasteiger partial charge is 0.340 e. The lowest BCUT2D eigenvalue weighted by atomic mass is 10.2. The normalized spacial score (nSPS) is 13.5. The fraction of sp³-hybridized carbons (Fsp3) is 0.500. The molecule has 26 heavy (non-hydrogen) atoms. The number of amides is 4. The molecule has 0 unspecified atom stereocenters. The van der Waals surface area contributed by atoms with E-state index in [2.05, 4.69) is 10.6 Å². The first-order valence-corrected chi connectivity index (χ1v) is 8.97. The maximum absolute atomic E-state index is 12.5. The van der Waals surface area contributed by atoms with E-state index in [0.717, 1.165) is 19.3 Å². The highest BCUT2D eigenvalue weighted by Crippen LogP contribution is 2.16. The molecule has 2 N–H and O–H groups in total. The van der Waals surface area contributed by atoms with Gasteiger partial charge in [-0.1, -0.05) is 19.4 Å². The summed E-state index contributed by atoms with van der Waals surface area (Å²) in [6.45, 7) is 5.61. The summed E-state index contributed by atoms with van der Waals surface area (Å²) >= 11 is 0. The summed E-state index contributed by atoms with van der Waals surface area (Å²) in [6.07, 6.45) is 2.60. The molecule has 0 radical (unpaired) electrons. The highest BCUT2D eigenvalue weighted by Gasteiger charge is 2.30. The highest BCUT2D eigenvalue weighted by molar-refractivity contribution is 5.94. The number of urea groups is 2. The fourth-order valence-electron chi connectivity index (χ4n) is 2.62. The Morgan fingerprint density at radius 1 is 1.12 bits per heavy atom. The van der Waals surface area contributed by atoms with Crippen LogP contribution in [-0.2, 0) is 4.74 Å². The largest absolute Gasteiger partial charge is 0.462 e. The molecule has 1 aliphatic rings. The molecule has 4 amide bonds. The number of carbonyl (C=O) groups is 3. The van der Waals surface area contributed by atoms with Crippen LogP contribution < -0.4 is 10.6 Å². The molecule has 8 nitrogen and oxygen atoms in total. The van der Waals surface area contributed by atoms with Gasteiger partial charge in [0.1, 0.15) is 0 Å². The van der Waals surface area contributed by atoms with Crippen molar-refractivity contribution in [3.8, 4) is 0 Å². The van der Waals surface area contributed by atoms with Crippen molar-refractivity contribution in [2.75, 3.05) is 31.6 Å². The van der Waals surface area contributed by atoms with Gasteiger partial charge in [0.2, 0.25) is 0 Å². The predicted molar refractivity (Wildman–Crippen MR) is 97.8 cm³/mol. The minimum atomic E-state index is -0.443. The number of carbonyl (C=O) groups excluding carboxylic acids is 3. The Morgan fingerprint density at radius 2 is 1.85 bits per heavy atom. The molecule has 0 spiro atoms. The lowest BCUT2D eigenvalue weighted by Gasteiger charge is -2.28. The van der Waals surface area contributed by atoms with Crippen LogP contribution in [0.2, 0.25) is 0 Å². The molecule has 0 atom stereocenters. The van der Waals surface area contributed by atoms with Crippen molar-refractivity contribution in [1.29, 1.82) is 0 Å². The van der Waals surface area contributed by atoms with Crippen LogP contribution in [0.1, 0.15) is 43.5 Å². The molecule has 1 aromatic rings.